The number of carbonyl (C=O) groups excluding carboxylic acids is 1. The fourth-order valence-corrected chi connectivity index (χ4v) is 1.71. The summed E-state index contributed by atoms with van der Waals surface area (Å²) in [5.41, 5.74) is 1.41. The van der Waals surface area contributed by atoms with Crippen molar-refractivity contribution in [3.05, 3.63) is 23.8 Å². The zero-order valence-corrected chi connectivity index (χ0v) is 9.55. The molecule has 1 aliphatic heterocycles. The number of hydrogen-bond acceptors (Lipinski definition) is 4. The molecule has 0 bridgehead atoms. The second-order valence-corrected chi connectivity index (χ2v) is 4.06. The van der Waals surface area contributed by atoms with Crippen molar-refractivity contribution < 1.29 is 24.5 Å². The standard InChI is InChI=1S/C12H13NO5/c14-9(12(16)17)3-1-7-2-4-10-8(5-7)13-11(15)6-18-10/h2,4-5,9,14H,1,3,6H2,(H,13,15)(H,16,17). The maximum absolute atomic E-state index is 11.1. The van der Waals surface area contributed by atoms with Crippen molar-refractivity contribution in [1.82, 2.24) is 0 Å². The molecule has 18 heavy (non-hydrogen) atoms. The number of aryl methyl sites for hydroxylation is 1. The summed E-state index contributed by atoms with van der Waals surface area (Å²) >= 11 is 0. The Morgan fingerprint density at radius 3 is 3.00 bits per heavy atom. The van der Waals surface area contributed by atoms with E-state index in [2.05, 4.69) is 5.32 Å². The third kappa shape index (κ3) is 2.78. The fraction of sp³-hybridized carbons (Fsp3) is 0.333. The molecule has 1 aliphatic rings. The number of ether oxygens (including phenoxy) is 1. The number of fused-ring (bicyclic) bond motifs is 1. The van der Waals surface area contributed by atoms with E-state index in [4.69, 9.17) is 9.84 Å². The summed E-state index contributed by atoms with van der Waals surface area (Å²) in [4.78, 5) is 21.6. The number of nitrogens with one attached hydrogen (secondary N) is 1. The molecule has 0 aromatic heterocycles. The van der Waals surface area contributed by atoms with Gasteiger partial charge in [-0.25, -0.2) is 4.79 Å². The van der Waals surface area contributed by atoms with Gasteiger partial charge in [-0.3, -0.25) is 4.79 Å². The summed E-state index contributed by atoms with van der Waals surface area (Å²) in [6.45, 7) is 0.00404. The highest BCUT2D eigenvalue weighted by Gasteiger charge is 2.17. The maximum atomic E-state index is 11.1. The van der Waals surface area contributed by atoms with Gasteiger partial charge in [0.25, 0.3) is 5.91 Å². The van der Waals surface area contributed by atoms with E-state index in [1.807, 2.05) is 0 Å². The summed E-state index contributed by atoms with van der Waals surface area (Å²) in [6, 6.07) is 5.23. The molecule has 1 aromatic rings. The third-order valence-corrected chi connectivity index (χ3v) is 2.67. The minimum absolute atomic E-state index is 0.00404. The molecular formula is C12H13NO5. The number of carboxylic acid groups (broad SMARTS) is 1. The Hall–Kier alpha value is -2.08. The largest absolute Gasteiger partial charge is 0.482 e. The van der Waals surface area contributed by atoms with Crippen molar-refractivity contribution in [1.29, 1.82) is 0 Å². The van der Waals surface area contributed by atoms with Crippen LogP contribution in [0.3, 0.4) is 0 Å². The van der Waals surface area contributed by atoms with Crippen LogP contribution in [0.4, 0.5) is 5.69 Å². The molecule has 2 rings (SSSR count). The molecular weight excluding hydrogens is 238 g/mol. The Kier molecular flexibility index (Phi) is 3.47. The highest BCUT2D eigenvalue weighted by molar-refractivity contribution is 5.95. The average molecular weight is 251 g/mol. The van der Waals surface area contributed by atoms with Crippen LogP contribution in [0.1, 0.15) is 12.0 Å². The van der Waals surface area contributed by atoms with Gasteiger partial charge in [-0.2, -0.15) is 0 Å². The molecule has 1 atom stereocenters. The van der Waals surface area contributed by atoms with Crippen LogP contribution in [0, 0.1) is 0 Å². The van der Waals surface area contributed by atoms with Gasteiger partial charge in [0.05, 0.1) is 5.69 Å². The van der Waals surface area contributed by atoms with E-state index in [0.717, 1.165) is 5.56 Å². The number of amides is 1. The van der Waals surface area contributed by atoms with Crippen LogP contribution in [-0.2, 0) is 16.0 Å². The topological polar surface area (TPSA) is 95.9 Å². The van der Waals surface area contributed by atoms with Gasteiger partial charge in [-0.05, 0) is 30.5 Å². The number of hydrogen-bond donors (Lipinski definition) is 3. The van der Waals surface area contributed by atoms with E-state index >= 15 is 0 Å². The first-order valence-corrected chi connectivity index (χ1v) is 5.52. The number of anilines is 1. The predicted octanol–water partition coefficient (Wildman–Crippen LogP) is 0.396. The van der Waals surface area contributed by atoms with Crippen LogP contribution in [0.2, 0.25) is 0 Å². The van der Waals surface area contributed by atoms with Crippen LogP contribution >= 0.6 is 0 Å². The summed E-state index contributed by atoms with van der Waals surface area (Å²) in [5, 5.41) is 20.4. The second-order valence-electron chi connectivity index (χ2n) is 4.06. The van der Waals surface area contributed by atoms with Gasteiger partial charge in [-0.1, -0.05) is 6.07 Å². The van der Waals surface area contributed by atoms with E-state index in [-0.39, 0.29) is 18.9 Å². The van der Waals surface area contributed by atoms with Crippen LogP contribution in [0.15, 0.2) is 18.2 Å². The Labute approximate surface area is 103 Å². The Balaban J connectivity index is 2.04. The number of aliphatic carboxylic acids is 1. The van der Waals surface area contributed by atoms with Crippen molar-refractivity contribution in [3.8, 4) is 5.75 Å². The van der Waals surface area contributed by atoms with Crippen LogP contribution in [-0.4, -0.2) is 34.8 Å². The van der Waals surface area contributed by atoms with Gasteiger partial charge in [0.2, 0.25) is 0 Å². The van der Waals surface area contributed by atoms with E-state index in [1.54, 1.807) is 18.2 Å². The summed E-state index contributed by atoms with van der Waals surface area (Å²) in [6.07, 6.45) is -0.827. The van der Waals surface area contributed by atoms with Crippen molar-refractivity contribution in [2.75, 3.05) is 11.9 Å². The molecule has 0 saturated carbocycles. The summed E-state index contributed by atoms with van der Waals surface area (Å²) < 4.78 is 5.20. The average Bonchev–Trinajstić information content (AvgIpc) is 2.35. The van der Waals surface area contributed by atoms with E-state index in [9.17, 15) is 14.7 Å². The first-order chi connectivity index (χ1) is 8.56. The first-order valence-electron chi connectivity index (χ1n) is 5.52. The molecule has 1 amide bonds. The molecule has 0 saturated heterocycles. The zero-order chi connectivity index (χ0) is 13.1. The monoisotopic (exact) mass is 251 g/mol. The van der Waals surface area contributed by atoms with Crippen molar-refractivity contribution >= 4 is 17.6 Å². The van der Waals surface area contributed by atoms with Crippen LogP contribution in [0.5, 0.6) is 5.75 Å². The van der Waals surface area contributed by atoms with Gasteiger partial charge >= 0.3 is 5.97 Å². The highest BCUT2D eigenvalue weighted by Crippen LogP contribution is 2.28. The van der Waals surface area contributed by atoms with Crippen LogP contribution < -0.4 is 10.1 Å². The normalized spacial score (nSPS) is 15.3. The fourth-order valence-electron chi connectivity index (χ4n) is 1.71. The van der Waals surface area contributed by atoms with Crippen molar-refractivity contribution in [3.63, 3.8) is 0 Å². The quantitative estimate of drug-likeness (QED) is 0.719. The molecule has 1 heterocycles. The minimum Gasteiger partial charge on any atom is -0.482 e. The molecule has 0 aliphatic carbocycles. The van der Waals surface area contributed by atoms with Gasteiger partial charge in [0.15, 0.2) is 12.7 Å². The Bertz CT molecular complexity index is 485. The first kappa shape index (κ1) is 12.4. The molecule has 1 unspecified atom stereocenters. The number of rotatable bonds is 4. The Morgan fingerprint density at radius 2 is 2.28 bits per heavy atom. The van der Waals surface area contributed by atoms with Gasteiger partial charge in [0.1, 0.15) is 5.75 Å². The lowest BCUT2D eigenvalue weighted by Crippen LogP contribution is -2.25. The summed E-state index contributed by atoms with van der Waals surface area (Å²) in [5.74, 6) is -0.855. The maximum Gasteiger partial charge on any atom is 0.332 e. The Morgan fingerprint density at radius 1 is 1.50 bits per heavy atom. The predicted molar refractivity (Wildman–Crippen MR) is 62.5 cm³/mol. The molecule has 0 fully saturated rings. The lowest BCUT2D eigenvalue weighted by atomic mass is 10.1. The highest BCUT2D eigenvalue weighted by atomic mass is 16.5. The third-order valence-electron chi connectivity index (χ3n) is 2.67. The smallest absolute Gasteiger partial charge is 0.332 e. The van der Waals surface area contributed by atoms with Gasteiger partial charge in [0, 0.05) is 0 Å². The number of carboxylic acids is 1. The lowest BCUT2D eigenvalue weighted by molar-refractivity contribution is -0.146. The van der Waals surface area contributed by atoms with E-state index < -0.39 is 12.1 Å². The number of aliphatic hydroxyl groups is 1. The lowest BCUT2D eigenvalue weighted by Gasteiger charge is -2.18. The molecule has 0 radical (unpaired) electrons. The molecule has 6 nitrogen and oxygen atoms in total. The van der Waals surface area contributed by atoms with Crippen molar-refractivity contribution in [2.24, 2.45) is 0 Å². The van der Waals surface area contributed by atoms with Gasteiger partial charge in [-0.15, -0.1) is 0 Å². The summed E-state index contributed by atoms with van der Waals surface area (Å²) in [7, 11) is 0. The van der Waals surface area contributed by atoms with Gasteiger partial charge < -0.3 is 20.3 Å². The number of aliphatic hydroxyl groups excluding tert-OH is 1. The zero-order valence-electron chi connectivity index (χ0n) is 9.55. The molecule has 1 aromatic carbocycles. The minimum atomic E-state index is -1.37. The molecule has 96 valence electrons. The van der Waals surface area contributed by atoms with E-state index in [0.29, 0.717) is 17.9 Å². The molecule has 0 spiro atoms. The number of carbonyl (C=O) groups is 2. The van der Waals surface area contributed by atoms with Crippen LogP contribution in [0.25, 0.3) is 0 Å². The SMILES string of the molecule is O=C1COc2ccc(CCC(O)C(=O)O)cc2N1. The molecule has 3 N–H and O–H groups in total. The number of benzene rings is 1. The van der Waals surface area contributed by atoms with E-state index in [1.165, 1.54) is 0 Å². The molecule has 6 heteroatoms. The van der Waals surface area contributed by atoms with Crippen molar-refractivity contribution in [2.45, 2.75) is 18.9 Å². The second kappa shape index (κ2) is 5.05.